The first-order valence-corrected chi connectivity index (χ1v) is 5.33. The number of rotatable bonds is 6. The first-order chi connectivity index (χ1) is 8.02. The number of ether oxygens (including phenoxy) is 1. The zero-order valence-corrected chi connectivity index (χ0v) is 10.2. The van der Waals surface area contributed by atoms with Crippen molar-refractivity contribution in [1.29, 1.82) is 0 Å². The molecule has 0 bridgehead atoms. The summed E-state index contributed by atoms with van der Waals surface area (Å²) in [5.74, 6) is 0.220. The lowest BCUT2D eigenvalue weighted by atomic mass is 10.2. The van der Waals surface area contributed by atoms with Crippen LogP contribution in [-0.4, -0.2) is 40.8 Å². The fourth-order valence-corrected chi connectivity index (χ4v) is 1.46. The van der Waals surface area contributed by atoms with Crippen molar-refractivity contribution in [2.45, 2.75) is 26.3 Å². The van der Waals surface area contributed by atoms with E-state index in [9.17, 15) is 4.79 Å². The quantitative estimate of drug-likeness (QED) is 0.770. The highest BCUT2D eigenvalue weighted by Gasteiger charge is 2.17. The highest BCUT2D eigenvalue weighted by atomic mass is 16.5. The molecule has 17 heavy (non-hydrogen) atoms. The SMILES string of the molecule is COCCC(Nc1cc(C)nc(C)n1)C(=O)O. The molecule has 6 heteroatoms. The van der Waals surface area contributed by atoms with Crippen LogP contribution in [0.4, 0.5) is 5.82 Å². The smallest absolute Gasteiger partial charge is 0.326 e. The van der Waals surface area contributed by atoms with E-state index < -0.39 is 12.0 Å². The van der Waals surface area contributed by atoms with Gasteiger partial charge >= 0.3 is 5.97 Å². The number of aliphatic carboxylic acids is 1. The fraction of sp³-hybridized carbons (Fsp3) is 0.545. The van der Waals surface area contributed by atoms with Gasteiger partial charge in [0.25, 0.3) is 0 Å². The predicted octanol–water partition coefficient (Wildman–Crippen LogP) is 0.995. The Bertz CT molecular complexity index is 375. The molecule has 0 aliphatic rings. The van der Waals surface area contributed by atoms with Crippen LogP contribution in [0.25, 0.3) is 0 Å². The van der Waals surface area contributed by atoms with Gasteiger partial charge in [0.1, 0.15) is 17.7 Å². The molecule has 0 saturated carbocycles. The fourth-order valence-electron chi connectivity index (χ4n) is 1.46. The Labute approximate surface area is 100 Å². The molecule has 1 atom stereocenters. The number of aryl methyl sites for hydroxylation is 2. The zero-order chi connectivity index (χ0) is 12.8. The Morgan fingerprint density at radius 2 is 2.24 bits per heavy atom. The molecule has 0 spiro atoms. The Kier molecular flexibility index (Phi) is 4.84. The van der Waals surface area contributed by atoms with Gasteiger partial charge in [-0.1, -0.05) is 0 Å². The molecule has 1 aromatic heterocycles. The van der Waals surface area contributed by atoms with Crippen molar-refractivity contribution in [2.75, 3.05) is 19.0 Å². The van der Waals surface area contributed by atoms with E-state index in [1.54, 1.807) is 13.0 Å². The molecule has 2 N–H and O–H groups in total. The number of methoxy groups -OCH3 is 1. The first kappa shape index (κ1) is 13.4. The molecule has 0 aromatic carbocycles. The molecule has 1 heterocycles. The van der Waals surface area contributed by atoms with E-state index in [-0.39, 0.29) is 0 Å². The van der Waals surface area contributed by atoms with Gasteiger partial charge in [-0.25, -0.2) is 14.8 Å². The van der Waals surface area contributed by atoms with Crippen molar-refractivity contribution in [1.82, 2.24) is 9.97 Å². The van der Waals surface area contributed by atoms with Gasteiger partial charge in [-0.05, 0) is 13.8 Å². The van der Waals surface area contributed by atoms with E-state index >= 15 is 0 Å². The Morgan fingerprint density at radius 3 is 2.76 bits per heavy atom. The third-order valence-electron chi connectivity index (χ3n) is 2.20. The third kappa shape index (κ3) is 4.36. The molecule has 1 unspecified atom stereocenters. The van der Waals surface area contributed by atoms with Gasteiger partial charge in [0.2, 0.25) is 0 Å². The Morgan fingerprint density at radius 1 is 1.53 bits per heavy atom. The number of hydrogen-bond donors (Lipinski definition) is 2. The van der Waals surface area contributed by atoms with Crippen LogP contribution in [0.3, 0.4) is 0 Å². The van der Waals surface area contributed by atoms with Gasteiger partial charge in [0, 0.05) is 31.9 Å². The van der Waals surface area contributed by atoms with E-state index in [4.69, 9.17) is 9.84 Å². The zero-order valence-electron chi connectivity index (χ0n) is 10.2. The lowest BCUT2D eigenvalue weighted by molar-refractivity contribution is -0.138. The number of aromatic nitrogens is 2. The molecule has 0 aliphatic carbocycles. The highest BCUT2D eigenvalue weighted by Crippen LogP contribution is 2.09. The number of anilines is 1. The van der Waals surface area contributed by atoms with E-state index in [0.29, 0.717) is 24.7 Å². The molecular formula is C11H17N3O3. The van der Waals surface area contributed by atoms with Crippen molar-refractivity contribution in [2.24, 2.45) is 0 Å². The molecule has 0 aliphatic heterocycles. The van der Waals surface area contributed by atoms with Crippen molar-refractivity contribution in [3.8, 4) is 0 Å². The summed E-state index contributed by atoms with van der Waals surface area (Å²) in [5.41, 5.74) is 0.802. The van der Waals surface area contributed by atoms with Gasteiger partial charge in [0.15, 0.2) is 0 Å². The maximum atomic E-state index is 11.0. The second-order valence-electron chi connectivity index (χ2n) is 3.76. The van der Waals surface area contributed by atoms with Crippen LogP contribution >= 0.6 is 0 Å². The normalized spacial score (nSPS) is 12.2. The summed E-state index contributed by atoms with van der Waals surface area (Å²) in [5, 5.41) is 11.9. The second kappa shape index (κ2) is 6.15. The number of carboxylic acids is 1. The molecule has 0 radical (unpaired) electrons. The number of carboxylic acid groups (broad SMARTS) is 1. The minimum atomic E-state index is -0.920. The van der Waals surface area contributed by atoms with Gasteiger partial charge in [0.05, 0.1) is 0 Å². The number of hydrogen-bond acceptors (Lipinski definition) is 5. The lowest BCUT2D eigenvalue weighted by Crippen LogP contribution is -2.31. The molecule has 0 fully saturated rings. The van der Waals surface area contributed by atoms with Crippen molar-refractivity contribution >= 4 is 11.8 Å². The molecule has 0 amide bonds. The number of nitrogens with zero attached hydrogens (tertiary/aromatic N) is 2. The second-order valence-corrected chi connectivity index (χ2v) is 3.76. The van der Waals surface area contributed by atoms with E-state index in [2.05, 4.69) is 15.3 Å². The van der Waals surface area contributed by atoms with Gasteiger partial charge in [-0.15, -0.1) is 0 Å². The van der Waals surface area contributed by atoms with Crippen LogP contribution in [0.15, 0.2) is 6.07 Å². The standard InChI is InChI=1S/C11H17N3O3/c1-7-6-10(13-8(2)12-7)14-9(11(15)16)4-5-17-3/h6,9H,4-5H2,1-3H3,(H,15,16)(H,12,13,14). The molecule has 1 rings (SSSR count). The number of carbonyl (C=O) groups is 1. The summed E-state index contributed by atoms with van der Waals surface area (Å²) >= 11 is 0. The van der Waals surface area contributed by atoms with Crippen LogP contribution in [0.1, 0.15) is 17.9 Å². The summed E-state index contributed by atoms with van der Waals surface area (Å²) < 4.78 is 4.87. The van der Waals surface area contributed by atoms with Crippen molar-refractivity contribution in [3.63, 3.8) is 0 Å². The minimum absolute atomic E-state index is 0.382. The van der Waals surface area contributed by atoms with Gasteiger partial charge in [-0.3, -0.25) is 0 Å². The molecule has 0 saturated heterocycles. The van der Waals surface area contributed by atoms with E-state index in [1.165, 1.54) is 7.11 Å². The summed E-state index contributed by atoms with van der Waals surface area (Å²) in [7, 11) is 1.54. The largest absolute Gasteiger partial charge is 0.480 e. The summed E-state index contributed by atoms with van der Waals surface area (Å²) in [4.78, 5) is 19.3. The average molecular weight is 239 g/mol. The van der Waals surface area contributed by atoms with Gasteiger partial charge in [-0.2, -0.15) is 0 Å². The molecular weight excluding hydrogens is 222 g/mol. The summed E-state index contributed by atoms with van der Waals surface area (Å²) in [6.45, 7) is 3.99. The van der Waals surface area contributed by atoms with Crippen LogP contribution in [0.2, 0.25) is 0 Å². The molecule has 94 valence electrons. The maximum Gasteiger partial charge on any atom is 0.326 e. The third-order valence-corrected chi connectivity index (χ3v) is 2.20. The van der Waals surface area contributed by atoms with Crippen LogP contribution in [0.5, 0.6) is 0 Å². The Hall–Kier alpha value is -1.69. The van der Waals surface area contributed by atoms with E-state index in [1.807, 2.05) is 6.92 Å². The predicted molar refractivity (Wildman–Crippen MR) is 63.0 cm³/mol. The molecule has 6 nitrogen and oxygen atoms in total. The summed E-state index contributed by atoms with van der Waals surface area (Å²) in [6, 6.07) is 1.01. The summed E-state index contributed by atoms with van der Waals surface area (Å²) in [6.07, 6.45) is 0.383. The topological polar surface area (TPSA) is 84.3 Å². The van der Waals surface area contributed by atoms with Gasteiger partial charge < -0.3 is 15.2 Å². The average Bonchev–Trinajstić information content (AvgIpc) is 2.22. The first-order valence-electron chi connectivity index (χ1n) is 5.33. The van der Waals surface area contributed by atoms with Crippen LogP contribution in [0, 0.1) is 13.8 Å². The highest BCUT2D eigenvalue weighted by molar-refractivity contribution is 5.76. The monoisotopic (exact) mass is 239 g/mol. The van der Waals surface area contributed by atoms with Crippen LogP contribution < -0.4 is 5.32 Å². The maximum absolute atomic E-state index is 11.0. The van der Waals surface area contributed by atoms with Crippen molar-refractivity contribution in [3.05, 3.63) is 17.6 Å². The van der Waals surface area contributed by atoms with Crippen molar-refractivity contribution < 1.29 is 14.6 Å². The number of nitrogens with one attached hydrogen (secondary N) is 1. The lowest BCUT2D eigenvalue weighted by Gasteiger charge is -2.15. The minimum Gasteiger partial charge on any atom is -0.480 e. The van der Waals surface area contributed by atoms with Crippen LogP contribution in [-0.2, 0) is 9.53 Å². The molecule has 1 aromatic rings. The van der Waals surface area contributed by atoms with E-state index in [0.717, 1.165) is 5.69 Å². The Balaban J connectivity index is 2.74.